The second-order valence-electron chi connectivity index (χ2n) is 4.49. The first-order valence-corrected chi connectivity index (χ1v) is 7.33. The summed E-state index contributed by atoms with van der Waals surface area (Å²) in [4.78, 5) is 22.7. The second-order valence-corrected chi connectivity index (χ2v) is 6.03. The summed E-state index contributed by atoms with van der Waals surface area (Å²) in [6.45, 7) is 3.56. The van der Waals surface area contributed by atoms with Crippen molar-refractivity contribution >= 4 is 40.9 Å². The number of carboxylic acids is 1. The van der Waals surface area contributed by atoms with Gasteiger partial charge in [-0.15, -0.1) is 11.8 Å². The minimum absolute atomic E-state index is 0.00411. The molecule has 2 N–H and O–H groups in total. The van der Waals surface area contributed by atoms with Gasteiger partial charge in [0.2, 0.25) is 5.91 Å². The van der Waals surface area contributed by atoms with Gasteiger partial charge in [0.25, 0.3) is 0 Å². The molecule has 0 heterocycles. The SMILES string of the molecule is CC(C)C(SCC(=O)Nc1ccc(F)c(Cl)c1)C(=O)O. The summed E-state index contributed by atoms with van der Waals surface area (Å²) >= 11 is 6.65. The normalized spacial score (nSPS) is 12.2. The van der Waals surface area contributed by atoms with E-state index in [4.69, 9.17) is 16.7 Å². The number of carbonyl (C=O) groups excluding carboxylic acids is 1. The van der Waals surface area contributed by atoms with Gasteiger partial charge in [0, 0.05) is 5.69 Å². The molecule has 0 bridgehead atoms. The maximum atomic E-state index is 13.0. The summed E-state index contributed by atoms with van der Waals surface area (Å²) < 4.78 is 13.0. The van der Waals surface area contributed by atoms with Gasteiger partial charge in [-0.1, -0.05) is 25.4 Å². The van der Waals surface area contributed by atoms with E-state index in [9.17, 15) is 14.0 Å². The van der Waals surface area contributed by atoms with E-state index in [1.807, 2.05) is 0 Å². The Hall–Kier alpha value is -1.27. The molecular formula is C13H15ClFNO3S. The molecule has 0 fully saturated rings. The maximum Gasteiger partial charge on any atom is 0.316 e. The van der Waals surface area contributed by atoms with Crippen LogP contribution in [0.3, 0.4) is 0 Å². The average Bonchev–Trinajstić information content (AvgIpc) is 2.33. The minimum Gasteiger partial charge on any atom is -0.480 e. The quantitative estimate of drug-likeness (QED) is 0.844. The number of thioether (sulfide) groups is 1. The van der Waals surface area contributed by atoms with Crippen LogP contribution in [0.5, 0.6) is 0 Å². The lowest BCUT2D eigenvalue weighted by molar-refractivity contribution is -0.137. The number of nitrogens with one attached hydrogen (secondary N) is 1. The number of benzene rings is 1. The lowest BCUT2D eigenvalue weighted by Crippen LogP contribution is -2.25. The molecule has 110 valence electrons. The maximum absolute atomic E-state index is 13.0. The molecule has 1 aromatic carbocycles. The van der Waals surface area contributed by atoms with Crippen molar-refractivity contribution in [2.45, 2.75) is 19.1 Å². The highest BCUT2D eigenvalue weighted by atomic mass is 35.5. The number of anilines is 1. The molecule has 20 heavy (non-hydrogen) atoms. The van der Waals surface area contributed by atoms with Crippen molar-refractivity contribution in [3.63, 3.8) is 0 Å². The van der Waals surface area contributed by atoms with Crippen LogP contribution in [-0.2, 0) is 9.59 Å². The first-order valence-electron chi connectivity index (χ1n) is 5.90. The largest absolute Gasteiger partial charge is 0.480 e. The van der Waals surface area contributed by atoms with Crippen LogP contribution in [0.4, 0.5) is 10.1 Å². The van der Waals surface area contributed by atoms with Gasteiger partial charge in [-0.3, -0.25) is 9.59 Å². The lowest BCUT2D eigenvalue weighted by Gasteiger charge is -2.15. The molecule has 7 heteroatoms. The van der Waals surface area contributed by atoms with Gasteiger partial charge >= 0.3 is 5.97 Å². The Morgan fingerprint density at radius 3 is 2.60 bits per heavy atom. The molecule has 1 aromatic rings. The predicted octanol–water partition coefficient (Wildman–Crippen LogP) is 3.26. The first kappa shape index (κ1) is 16.8. The van der Waals surface area contributed by atoms with Gasteiger partial charge in [0.1, 0.15) is 11.1 Å². The third kappa shape index (κ3) is 5.02. The Kier molecular flexibility index (Phi) is 6.29. The van der Waals surface area contributed by atoms with Crippen LogP contribution in [0.2, 0.25) is 5.02 Å². The Morgan fingerprint density at radius 1 is 1.45 bits per heavy atom. The topological polar surface area (TPSA) is 66.4 Å². The number of halogens is 2. The van der Waals surface area contributed by atoms with Crippen LogP contribution in [0.15, 0.2) is 18.2 Å². The van der Waals surface area contributed by atoms with Crippen molar-refractivity contribution in [2.24, 2.45) is 5.92 Å². The van der Waals surface area contributed by atoms with Crippen LogP contribution in [0.25, 0.3) is 0 Å². The minimum atomic E-state index is -0.942. The zero-order valence-electron chi connectivity index (χ0n) is 11.0. The van der Waals surface area contributed by atoms with Gasteiger partial charge in [-0.25, -0.2) is 4.39 Å². The van der Waals surface area contributed by atoms with Crippen molar-refractivity contribution in [1.82, 2.24) is 0 Å². The summed E-state index contributed by atoms with van der Waals surface area (Å²) in [5, 5.41) is 10.8. The van der Waals surface area contributed by atoms with E-state index < -0.39 is 17.0 Å². The van der Waals surface area contributed by atoms with Gasteiger partial charge in [0.05, 0.1) is 10.8 Å². The Labute approximate surface area is 125 Å². The fraction of sp³-hybridized carbons (Fsp3) is 0.385. The summed E-state index contributed by atoms with van der Waals surface area (Å²) in [5.74, 6) is -1.94. The zero-order valence-corrected chi connectivity index (χ0v) is 12.6. The van der Waals surface area contributed by atoms with E-state index in [1.165, 1.54) is 12.1 Å². The molecule has 0 aliphatic rings. The molecule has 1 amide bonds. The summed E-state index contributed by atoms with van der Waals surface area (Å²) in [6.07, 6.45) is 0. The molecule has 1 atom stereocenters. The highest BCUT2D eigenvalue weighted by Crippen LogP contribution is 2.22. The second kappa shape index (κ2) is 7.50. The fourth-order valence-electron chi connectivity index (χ4n) is 1.49. The highest BCUT2D eigenvalue weighted by Gasteiger charge is 2.22. The third-order valence-electron chi connectivity index (χ3n) is 2.45. The Balaban J connectivity index is 2.55. The van der Waals surface area contributed by atoms with Crippen molar-refractivity contribution in [2.75, 3.05) is 11.1 Å². The summed E-state index contributed by atoms with van der Waals surface area (Å²) in [5.41, 5.74) is 0.374. The van der Waals surface area contributed by atoms with Gasteiger partial charge < -0.3 is 10.4 Å². The molecule has 0 saturated carbocycles. The van der Waals surface area contributed by atoms with Crippen molar-refractivity contribution in [3.05, 3.63) is 29.0 Å². The molecule has 1 rings (SSSR count). The number of hydrogen-bond donors (Lipinski definition) is 2. The molecule has 0 spiro atoms. The summed E-state index contributed by atoms with van der Waals surface area (Å²) in [6, 6.07) is 3.84. The van der Waals surface area contributed by atoms with Crippen LogP contribution in [0.1, 0.15) is 13.8 Å². The smallest absolute Gasteiger partial charge is 0.316 e. The third-order valence-corrected chi connectivity index (χ3v) is 4.27. The Bertz CT molecular complexity index is 510. The van der Waals surface area contributed by atoms with E-state index in [0.29, 0.717) is 5.69 Å². The molecule has 0 radical (unpaired) electrons. The van der Waals surface area contributed by atoms with E-state index in [-0.39, 0.29) is 22.6 Å². The zero-order chi connectivity index (χ0) is 15.3. The number of amides is 1. The van der Waals surface area contributed by atoms with Crippen LogP contribution >= 0.6 is 23.4 Å². The molecule has 0 aliphatic heterocycles. The molecule has 0 aromatic heterocycles. The average molecular weight is 320 g/mol. The van der Waals surface area contributed by atoms with E-state index in [1.54, 1.807) is 13.8 Å². The standard InChI is InChI=1S/C13H15ClFNO3S/c1-7(2)12(13(18)19)20-6-11(17)16-8-3-4-10(15)9(14)5-8/h3-5,7,12H,6H2,1-2H3,(H,16,17)(H,18,19). The van der Waals surface area contributed by atoms with E-state index >= 15 is 0 Å². The molecule has 0 saturated heterocycles. The number of carbonyl (C=O) groups is 2. The monoisotopic (exact) mass is 319 g/mol. The van der Waals surface area contributed by atoms with Crippen molar-refractivity contribution in [1.29, 1.82) is 0 Å². The Morgan fingerprint density at radius 2 is 2.10 bits per heavy atom. The van der Waals surface area contributed by atoms with Gasteiger partial charge in [-0.05, 0) is 24.1 Å². The fourth-order valence-corrected chi connectivity index (χ4v) is 2.60. The molecule has 1 unspecified atom stereocenters. The van der Waals surface area contributed by atoms with Crippen LogP contribution in [0, 0.1) is 11.7 Å². The highest BCUT2D eigenvalue weighted by molar-refractivity contribution is 8.01. The van der Waals surface area contributed by atoms with Crippen molar-refractivity contribution < 1.29 is 19.1 Å². The number of rotatable bonds is 6. The predicted molar refractivity (Wildman–Crippen MR) is 78.8 cm³/mol. The van der Waals surface area contributed by atoms with Crippen molar-refractivity contribution in [3.8, 4) is 0 Å². The number of carboxylic acid groups (broad SMARTS) is 1. The molecule has 4 nitrogen and oxygen atoms in total. The van der Waals surface area contributed by atoms with Gasteiger partial charge in [-0.2, -0.15) is 0 Å². The first-order chi connectivity index (χ1) is 9.31. The van der Waals surface area contributed by atoms with Crippen LogP contribution in [-0.4, -0.2) is 28.0 Å². The van der Waals surface area contributed by atoms with E-state index in [2.05, 4.69) is 5.32 Å². The van der Waals surface area contributed by atoms with Crippen LogP contribution < -0.4 is 5.32 Å². The molecule has 0 aliphatic carbocycles. The number of aliphatic carboxylic acids is 1. The van der Waals surface area contributed by atoms with E-state index in [0.717, 1.165) is 17.8 Å². The van der Waals surface area contributed by atoms with Gasteiger partial charge in [0.15, 0.2) is 0 Å². The lowest BCUT2D eigenvalue weighted by atomic mass is 10.1. The number of hydrogen-bond acceptors (Lipinski definition) is 3. The molecular weight excluding hydrogens is 305 g/mol. The summed E-state index contributed by atoms with van der Waals surface area (Å²) in [7, 11) is 0.